The fourth-order valence-corrected chi connectivity index (χ4v) is 4.99. The molecule has 32 heavy (non-hydrogen) atoms. The van der Waals surface area contributed by atoms with E-state index in [1.165, 1.54) is 6.33 Å². The molecule has 3 saturated heterocycles. The van der Waals surface area contributed by atoms with Crippen LogP contribution >= 0.6 is 11.6 Å². The van der Waals surface area contributed by atoms with E-state index < -0.39 is 0 Å². The zero-order valence-corrected chi connectivity index (χ0v) is 18.5. The molecule has 3 aliphatic rings. The minimum atomic E-state index is 0.0268. The Balaban J connectivity index is 1.15. The number of hydrogen-bond acceptors (Lipinski definition) is 6. The first-order valence-electron chi connectivity index (χ1n) is 11.0. The van der Waals surface area contributed by atoms with Crippen LogP contribution in [0, 0.1) is 5.92 Å². The van der Waals surface area contributed by atoms with Crippen LogP contribution in [-0.4, -0.2) is 81.4 Å². The Morgan fingerprint density at radius 2 is 1.97 bits per heavy atom. The third-order valence-corrected chi connectivity index (χ3v) is 6.80. The molecule has 170 valence electrons. The van der Waals surface area contributed by atoms with Crippen molar-refractivity contribution in [2.45, 2.75) is 37.9 Å². The summed E-state index contributed by atoms with van der Waals surface area (Å²) in [4.78, 5) is 32.5. The van der Waals surface area contributed by atoms with Crippen molar-refractivity contribution in [3.63, 3.8) is 0 Å². The molecule has 3 aliphatic heterocycles. The van der Waals surface area contributed by atoms with Gasteiger partial charge in [-0.1, -0.05) is 11.6 Å². The fraction of sp³-hybridized carbons (Fsp3) is 0.545. The van der Waals surface area contributed by atoms with Gasteiger partial charge in [-0.15, -0.1) is 0 Å². The number of halogens is 1. The molecule has 2 atom stereocenters. The van der Waals surface area contributed by atoms with Gasteiger partial charge in [0.05, 0.1) is 16.8 Å². The molecule has 0 N–H and O–H groups in total. The molecule has 5 rings (SSSR count). The Morgan fingerprint density at radius 1 is 1.16 bits per heavy atom. The summed E-state index contributed by atoms with van der Waals surface area (Å²) >= 11 is 6.29. The number of benzene rings is 1. The number of urea groups is 1. The number of hydrogen-bond donors (Lipinski definition) is 0. The van der Waals surface area contributed by atoms with E-state index in [0.29, 0.717) is 49.1 Å². The lowest BCUT2D eigenvalue weighted by molar-refractivity contribution is -0.140. The molecule has 1 aromatic carbocycles. The van der Waals surface area contributed by atoms with Gasteiger partial charge < -0.3 is 19.3 Å². The van der Waals surface area contributed by atoms with Gasteiger partial charge in [0.15, 0.2) is 5.78 Å². The molecule has 0 aliphatic carbocycles. The highest BCUT2D eigenvalue weighted by molar-refractivity contribution is 6.32. The second-order valence-corrected chi connectivity index (χ2v) is 9.03. The van der Waals surface area contributed by atoms with Gasteiger partial charge in [0.1, 0.15) is 31.1 Å². The van der Waals surface area contributed by atoms with Crippen LogP contribution in [0.2, 0.25) is 5.02 Å². The quantitative estimate of drug-likeness (QED) is 0.700. The van der Waals surface area contributed by atoms with Gasteiger partial charge in [-0.05, 0) is 18.6 Å². The highest BCUT2D eigenvalue weighted by Gasteiger charge is 2.38. The molecular weight excluding hydrogens is 434 g/mol. The normalized spacial score (nSPS) is 24.3. The maximum Gasteiger partial charge on any atom is 0.320 e. The van der Waals surface area contributed by atoms with Gasteiger partial charge in [-0.25, -0.2) is 14.5 Å². The average molecular weight is 460 g/mol. The maximum absolute atomic E-state index is 13.0. The van der Waals surface area contributed by atoms with E-state index in [2.05, 4.69) is 10.1 Å². The zero-order valence-electron chi connectivity index (χ0n) is 17.7. The van der Waals surface area contributed by atoms with Crippen molar-refractivity contribution in [2.75, 3.05) is 32.8 Å². The summed E-state index contributed by atoms with van der Waals surface area (Å²) < 4.78 is 13.4. The molecule has 10 heteroatoms. The summed E-state index contributed by atoms with van der Waals surface area (Å²) in [7, 11) is 0. The third-order valence-electron chi connectivity index (χ3n) is 6.48. The molecule has 0 spiro atoms. The number of piperidine rings is 2. The van der Waals surface area contributed by atoms with Gasteiger partial charge >= 0.3 is 6.03 Å². The monoisotopic (exact) mass is 459 g/mol. The van der Waals surface area contributed by atoms with Crippen LogP contribution < -0.4 is 4.74 Å². The number of ketones is 1. The number of likely N-dealkylation sites (tertiary alicyclic amines) is 2. The average Bonchev–Trinajstić information content (AvgIpc) is 3.34. The minimum Gasteiger partial charge on any atom is -0.490 e. The smallest absolute Gasteiger partial charge is 0.320 e. The van der Waals surface area contributed by atoms with Crippen molar-refractivity contribution in [1.29, 1.82) is 0 Å². The maximum atomic E-state index is 13.0. The van der Waals surface area contributed by atoms with E-state index in [0.717, 1.165) is 19.3 Å². The van der Waals surface area contributed by atoms with Crippen LogP contribution in [0.1, 0.15) is 25.7 Å². The molecule has 0 saturated carbocycles. The number of Topliss-reactive ketones (excluding diaryl/α,β-unsaturated/α-hetero) is 1. The fourth-order valence-electron chi connectivity index (χ4n) is 4.78. The van der Waals surface area contributed by atoms with Gasteiger partial charge in [-0.3, -0.25) is 4.79 Å². The Hall–Kier alpha value is -2.65. The van der Waals surface area contributed by atoms with Gasteiger partial charge in [0.25, 0.3) is 0 Å². The van der Waals surface area contributed by atoms with Crippen molar-refractivity contribution in [3.8, 4) is 11.4 Å². The van der Waals surface area contributed by atoms with Crippen LogP contribution in [0.4, 0.5) is 4.79 Å². The van der Waals surface area contributed by atoms with Crippen LogP contribution in [0.25, 0.3) is 5.69 Å². The van der Waals surface area contributed by atoms with Gasteiger partial charge in [0.2, 0.25) is 0 Å². The molecule has 9 nitrogen and oxygen atoms in total. The molecule has 0 radical (unpaired) electrons. The van der Waals surface area contributed by atoms with E-state index in [1.54, 1.807) is 17.1 Å². The van der Waals surface area contributed by atoms with Crippen molar-refractivity contribution in [2.24, 2.45) is 5.92 Å². The van der Waals surface area contributed by atoms with Gasteiger partial charge in [0, 0.05) is 57.4 Å². The Morgan fingerprint density at radius 3 is 2.75 bits per heavy atom. The molecule has 4 heterocycles. The van der Waals surface area contributed by atoms with Crippen LogP contribution in [0.15, 0.2) is 30.9 Å². The number of ether oxygens (including phenoxy) is 2. The van der Waals surface area contributed by atoms with Gasteiger partial charge in [-0.2, -0.15) is 5.10 Å². The van der Waals surface area contributed by atoms with E-state index in [4.69, 9.17) is 21.1 Å². The van der Waals surface area contributed by atoms with E-state index >= 15 is 0 Å². The highest BCUT2D eigenvalue weighted by Crippen LogP contribution is 2.29. The minimum absolute atomic E-state index is 0.0268. The number of carbonyl (C=O) groups excluding carboxylic acids is 2. The van der Waals surface area contributed by atoms with E-state index in [-0.39, 0.29) is 36.5 Å². The lowest BCUT2D eigenvalue weighted by Crippen LogP contribution is -2.55. The topological polar surface area (TPSA) is 89.8 Å². The van der Waals surface area contributed by atoms with Crippen molar-refractivity contribution in [1.82, 2.24) is 24.6 Å². The molecule has 0 bridgehead atoms. The van der Waals surface area contributed by atoms with Crippen molar-refractivity contribution >= 4 is 23.4 Å². The van der Waals surface area contributed by atoms with E-state index in [9.17, 15) is 9.59 Å². The van der Waals surface area contributed by atoms with E-state index in [1.807, 2.05) is 21.9 Å². The summed E-state index contributed by atoms with van der Waals surface area (Å²) in [6, 6.07) is 5.54. The molecule has 3 fully saturated rings. The first-order chi connectivity index (χ1) is 15.6. The number of rotatable bonds is 3. The van der Waals surface area contributed by atoms with Crippen LogP contribution in [-0.2, 0) is 9.53 Å². The summed E-state index contributed by atoms with van der Waals surface area (Å²) in [5, 5.41) is 4.70. The standard InChI is InChI=1S/C22H26ClN5O4/c23-19-2-1-18(10-20(19)28-14-24-13-25-28)32-17-3-6-26(7-4-17)22(30)27-8-5-21-15(11-27)9-16(29)12-31-21/h1-2,10,13-15,17,21H,3-9,11-12H2/t15-,21+/m1/s1. The molecular formula is C22H26ClN5O4. The largest absolute Gasteiger partial charge is 0.490 e. The highest BCUT2D eigenvalue weighted by atomic mass is 35.5. The second kappa shape index (κ2) is 9.07. The number of fused-ring (bicyclic) bond motifs is 1. The molecule has 2 amide bonds. The lowest BCUT2D eigenvalue weighted by Gasteiger charge is -2.43. The summed E-state index contributed by atoms with van der Waals surface area (Å²) in [5.74, 6) is 0.973. The predicted octanol–water partition coefficient (Wildman–Crippen LogP) is 2.56. The lowest BCUT2D eigenvalue weighted by atomic mass is 9.88. The molecule has 1 aromatic heterocycles. The summed E-state index contributed by atoms with van der Waals surface area (Å²) in [5.41, 5.74) is 0.711. The Bertz CT molecular complexity index is 977. The van der Waals surface area contributed by atoms with Crippen LogP contribution in [0.5, 0.6) is 5.75 Å². The van der Waals surface area contributed by atoms with Crippen molar-refractivity contribution in [3.05, 3.63) is 35.9 Å². The SMILES string of the molecule is O=C1CO[C@H]2CCN(C(=O)N3CCC(Oc4ccc(Cl)c(-n5cncn5)c4)CC3)C[C@H]2C1. The first-order valence-corrected chi connectivity index (χ1v) is 11.4. The summed E-state index contributed by atoms with van der Waals surface area (Å²) in [6.45, 7) is 2.79. The number of amides is 2. The number of nitrogens with zero attached hydrogens (tertiary/aromatic N) is 5. The molecule has 2 aromatic rings. The summed E-state index contributed by atoms with van der Waals surface area (Å²) in [6.07, 6.45) is 6.02. The van der Waals surface area contributed by atoms with Crippen LogP contribution in [0.3, 0.4) is 0 Å². The zero-order chi connectivity index (χ0) is 22.1. The third kappa shape index (κ3) is 4.45. The predicted molar refractivity (Wildman–Crippen MR) is 116 cm³/mol. The Labute approximate surface area is 191 Å². The number of carbonyl (C=O) groups is 2. The number of aromatic nitrogens is 3. The molecule has 0 unspecified atom stereocenters. The second-order valence-electron chi connectivity index (χ2n) is 8.63. The van der Waals surface area contributed by atoms with Crippen molar-refractivity contribution < 1.29 is 19.1 Å². The first kappa shape index (κ1) is 21.2. The Kier molecular flexibility index (Phi) is 6.01.